The number of fused-ring (bicyclic) bond motifs is 8. The lowest BCUT2D eigenvalue weighted by atomic mass is 9.83. The molecule has 1 heteroatoms. The first-order chi connectivity index (χ1) is 9.43. The molecule has 1 saturated heterocycles. The molecular formula is C18H12O. The molecule has 0 amide bonds. The van der Waals surface area contributed by atoms with E-state index in [0.29, 0.717) is 0 Å². The summed E-state index contributed by atoms with van der Waals surface area (Å²) in [7, 11) is 0. The summed E-state index contributed by atoms with van der Waals surface area (Å²) < 4.78 is 5.88. The lowest BCUT2D eigenvalue weighted by Crippen LogP contribution is -1.99. The molecule has 5 rings (SSSR count). The SMILES string of the molecule is c1ccc2c(c1)-c1c(ccc3ccccc13)[C@H]1O[C@@H]21. The normalized spacial score (nSPS) is 22.5. The van der Waals surface area contributed by atoms with Gasteiger partial charge in [-0.15, -0.1) is 0 Å². The van der Waals surface area contributed by atoms with Gasteiger partial charge >= 0.3 is 0 Å². The third kappa shape index (κ3) is 1.18. The summed E-state index contributed by atoms with van der Waals surface area (Å²) in [6, 6.07) is 21.7. The van der Waals surface area contributed by atoms with Gasteiger partial charge in [0.1, 0.15) is 12.2 Å². The van der Waals surface area contributed by atoms with Crippen LogP contribution in [0.4, 0.5) is 0 Å². The highest BCUT2D eigenvalue weighted by Crippen LogP contribution is 2.60. The highest BCUT2D eigenvalue weighted by molar-refractivity contribution is 6.00. The minimum absolute atomic E-state index is 0.273. The minimum Gasteiger partial charge on any atom is -0.359 e. The molecule has 2 atom stereocenters. The average Bonchev–Trinajstić information content (AvgIpc) is 3.27. The lowest BCUT2D eigenvalue weighted by Gasteiger charge is -2.18. The van der Waals surface area contributed by atoms with Crippen LogP contribution < -0.4 is 0 Å². The van der Waals surface area contributed by atoms with E-state index in [0.717, 1.165) is 0 Å². The molecule has 1 aliphatic carbocycles. The van der Waals surface area contributed by atoms with Crippen molar-refractivity contribution in [3.05, 3.63) is 71.8 Å². The Morgan fingerprint density at radius 2 is 1.47 bits per heavy atom. The predicted molar refractivity (Wildman–Crippen MR) is 76.0 cm³/mol. The van der Waals surface area contributed by atoms with Crippen LogP contribution in [0, 0.1) is 0 Å². The number of epoxide rings is 1. The van der Waals surface area contributed by atoms with Crippen LogP contribution in [0.2, 0.25) is 0 Å². The Morgan fingerprint density at radius 3 is 2.47 bits per heavy atom. The van der Waals surface area contributed by atoms with Gasteiger partial charge in [-0.3, -0.25) is 0 Å². The molecule has 3 aromatic carbocycles. The predicted octanol–water partition coefficient (Wildman–Crippen LogP) is 4.63. The summed E-state index contributed by atoms with van der Waals surface area (Å²) in [6.07, 6.45) is 0.555. The third-order valence-electron chi connectivity index (χ3n) is 4.30. The van der Waals surface area contributed by atoms with E-state index in [1.807, 2.05) is 0 Å². The van der Waals surface area contributed by atoms with E-state index in [1.165, 1.54) is 33.0 Å². The molecule has 0 unspecified atom stereocenters. The van der Waals surface area contributed by atoms with E-state index < -0.39 is 0 Å². The highest BCUT2D eigenvalue weighted by atomic mass is 16.6. The van der Waals surface area contributed by atoms with Gasteiger partial charge in [-0.25, -0.2) is 0 Å². The molecule has 0 aromatic heterocycles. The van der Waals surface area contributed by atoms with Crippen molar-refractivity contribution in [1.29, 1.82) is 0 Å². The van der Waals surface area contributed by atoms with Gasteiger partial charge in [0, 0.05) is 0 Å². The molecule has 0 bridgehead atoms. The van der Waals surface area contributed by atoms with E-state index in [-0.39, 0.29) is 12.2 Å². The minimum atomic E-state index is 0.273. The van der Waals surface area contributed by atoms with Gasteiger partial charge in [0.2, 0.25) is 0 Å². The van der Waals surface area contributed by atoms with E-state index >= 15 is 0 Å². The Morgan fingerprint density at radius 1 is 0.684 bits per heavy atom. The van der Waals surface area contributed by atoms with Gasteiger partial charge < -0.3 is 4.74 Å². The van der Waals surface area contributed by atoms with E-state index in [1.54, 1.807) is 0 Å². The highest BCUT2D eigenvalue weighted by Gasteiger charge is 2.47. The molecule has 19 heavy (non-hydrogen) atoms. The maximum absolute atomic E-state index is 5.88. The summed E-state index contributed by atoms with van der Waals surface area (Å²) in [5.74, 6) is 0. The number of hydrogen-bond acceptors (Lipinski definition) is 1. The Bertz CT molecular complexity index is 819. The van der Waals surface area contributed by atoms with Crippen LogP contribution >= 0.6 is 0 Å². The van der Waals surface area contributed by atoms with Crippen LogP contribution in [-0.2, 0) is 4.74 Å². The second-order valence-electron chi connectivity index (χ2n) is 5.32. The summed E-state index contributed by atoms with van der Waals surface area (Å²) in [5, 5.41) is 2.64. The zero-order chi connectivity index (χ0) is 12.4. The molecule has 0 spiro atoms. The molecule has 2 aliphatic rings. The lowest BCUT2D eigenvalue weighted by molar-refractivity contribution is 0.380. The number of ether oxygens (including phenoxy) is 1. The van der Waals surface area contributed by atoms with E-state index in [9.17, 15) is 0 Å². The molecule has 0 radical (unpaired) electrons. The van der Waals surface area contributed by atoms with Crippen LogP contribution in [-0.4, -0.2) is 0 Å². The van der Waals surface area contributed by atoms with Crippen LogP contribution in [0.1, 0.15) is 23.3 Å². The van der Waals surface area contributed by atoms with Crippen molar-refractivity contribution in [3.8, 4) is 11.1 Å². The largest absolute Gasteiger partial charge is 0.359 e. The molecule has 90 valence electrons. The molecule has 0 saturated carbocycles. The Hall–Kier alpha value is -2.12. The topological polar surface area (TPSA) is 12.5 Å². The maximum atomic E-state index is 5.88. The van der Waals surface area contributed by atoms with Crippen LogP contribution in [0.3, 0.4) is 0 Å². The molecule has 1 nitrogen and oxygen atoms in total. The Labute approximate surface area is 111 Å². The van der Waals surface area contributed by atoms with Gasteiger partial charge in [-0.1, -0.05) is 60.7 Å². The molecule has 1 aliphatic heterocycles. The van der Waals surface area contributed by atoms with Crippen molar-refractivity contribution in [2.24, 2.45) is 0 Å². The van der Waals surface area contributed by atoms with Gasteiger partial charge in [0.25, 0.3) is 0 Å². The summed E-state index contributed by atoms with van der Waals surface area (Å²) in [5.41, 5.74) is 5.40. The van der Waals surface area contributed by atoms with Crippen molar-refractivity contribution in [1.82, 2.24) is 0 Å². The molecular weight excluding hydrogens is 232 g/mol. The smallest absolute Gasteiger partial charge is 0.114 e. The van der Waals surface area contributed by atoms with E-state index in [4.69, 9.17) is 4.74 Å². The summed E-state index contributed by atoms with van der Waals surface area (Å²) >= 11 is 0. The van der Waals surface area contributed by atoms with Crippen LogP contribution in [0.15, 0.2) is 60.7 Å². The fourth-order valence-electron chi connectivity index (χ4n) is 3.38. The van der Waals surface area contributed by atoms with Crippen molar-refractivity contribution in [3.63, 3.8) is 0 Å². The number of rotatable bonds is 0. The Kier molecular flexibility index (Phi) is 1.67. The zero-order valence-corrected chi connectivity index (χ0v) is 10.3. The fraction of sp³-hybridized carbons (Fsp3) is 0.111. The van der Waals surface area contributed by atoms with Gasteiger partial charge in [0.15, 0.2) is 0 Å². The Balaban J connectivity index is 1.97. The van der Waals surface area contributed by atoms with Crippen LogP contribution in [0.25, 0.3) is 21.9 Å². The summed E-state index contributed by atoms with van der Waals surface area (Å²) in [4.78, 5) is 0. The third-order valence-corrected chi connectivity index (χ3v) is 4.30. The number of hydrogen-bond donors (Lipinski definition) is 0. The quantitative estimate of drug-likeness (QED) is 0.525. The van der Waals surface area contributed by atoms with Crippen molar-refractivity contribution in [2.45, 2.75) is 12.2 Å². The molecule has 3 aromatic rings. The zero-order valence-electron chi connectivity index (χ0n) is 10.3. The first-order valence-corrected chi connectivity index (χ1v) is 6.70. The first kappa shape index (κ1) is 9.76. The van der Waals surface area contributed by atoms with Crippen molar-refractivity contribution < 1.29 is 4.74 Å². The van der Waals surface area contributed by atoms with E-state index in [2.05, 4.69) is 60.7 Å². The van der Waals surface area contributed by atoms with Gasteiger partial charge in [-0.05, 0) is 33.0 Å². The summed E-state index contributed by atoms with van der Waals surface area (Å²) in [6.45, 7) is 0. The van der Waals surface area contributed by atoms with Crippen LogP contribution in [0.5, 0.6) is 0 Å². The second kappa shape index (κ2) is 3.25. The molecule has 0 N–H and O–H groups in total. The second-order valence-corrected chi connectivity index (χ2v) is 5.32. The molecule has 1 fully saturated rings. The monoisotopic (exact) mass is 244 g/mol. The average molecular weight is 244 g/mol. The number of benzene rings is 3. The molecule has 1 heterocycles. The van der Waals surface area contributed by atoms with Gasteiger partial charge in [-0.2, -0.15) is 0 Å². The van der Waals surface area contributed by atoms with Gasteiger partial charge in [0.05, 0.1) is 0 Å². The fourth-order valence-corrected chi connectivity index (χ4v) is 3.38. The first-order valence-electron chi connectivity index (χ1n) is 6.70. The maximum Gasteiger partial charge on any atom is 0.114 e. The van der Waals surface area contributed by atoms with Crippen molar-refractivity contribution in [2.75, 3.05) is 0 Å². The van der Waals surface area contributed by atoms with Crippen molar-refractivity contribution >= 4 is 10.8 Å². The standard InChI is InChI=1S/C18H12O/c1-2-6-12-11(5-1)9-10-15-16(12)13-7-3-4-8-14(13)17-18(15)19-17/h1-10,17-18H/t17-,18+/m0/s1.